The number of aliphatic imine (C=N–C) groups is 1. The van der Waals surface area contributed by atoms with Gasteiger partial charge in [0.25, 0.3) is 0 Å². The second-order valence-corrected chi connectivity index (χ2v) is 10.6. The van der Waals surface area contributed by atoms with Gasteiger partial charge in [-0.15, -0.1) is 5.11 Å². The summed E-state index contributed by atoms with van der Waals surface area (Å²) in [6.07, 6.45) is -2.28. The van der Waals surface area contributed by atoms with E-state index in [0.717, 1.165) is 6.07 Å². The molecule has 1 fully saturated rings. The summed E-state index contributed by atoms with van der Waals surface area (Å²) < 4.78 is 67.4. The van der Waals surface area contributed by atoms with Crippen molar-refractivity contribution in [2.75, 3.05) is 37.7 Å². The molecular weight excluding hydrogens is 467 g/mol. The summed E-state index contributed by atoms with van der Waals surface area (Å²) >= 11 is 0. The molecule has 32 heavy (non-hydrogen) atoms. The van der Waals surface area contributed by atoms with E-state index < -0.39 is 54.7 Å². The van der Waals surface area contributed by atoms with Gasteiger partial charge in [-0.1, -0.05) is 0 Å². The van der Waals surface area contributed by atoms with E-state index in [9.17, 15) is 26.3 Å². The Morgan fingerprint density at radius 1 is 1.31 bits per heavy atom. The minimum absolute atomic E-state index is 0.0899. The van der Waals surface area contributed by atoms with Crippen LogP contribution in [0.25, 0.3) is 0 Å². The number of hydrogen-bond acceptors (Lipinski definition) is 11. The molecular formula is C16H25FN8O5S2. The number of halogens is 1. The fourth-order valence-corrected chi connectivity index (χ4v) is 6.06. The van der Waals surface area contributed by atoms with Crippen molar-refractivity contribution in [3.8, 4) is 0 Å². The third-order valence-electron chi connectivity index (χ3n) is 5.06. The molecule has 0 spiro atoms. The largest absolute Gasteiger partial charge is 0.390 e. The number of aliphatic hydroxyl groups is 1. The number of primary sulfonamides is 1. The van der Waals surface area contributed by atoms with Crippen LogP contribution in [0.2, 0.25) is 0 Å². The summed E-state index contributed by atoms with van der Waals surface area (Å²) in [4.78, 5) is 4.14. The molecule has 3 atom stereocenters. The first-order valence-corrected chi connectivity index (χ1v) is 12.6. The summed E-state index contributed by atoms with van der Waals surface area (Å²) in [7, 11) is -9.11. The lowest BCUT2D eigenvalue weighted by atomic mass is 10.0. The highest BCUT2D eigenvalue weighted by Gasteiger charge is 2.35. The molecule has 16 heteroatoms. The first-order valence-electron chi connectivity index (χ1n) is 9.60. The number of sulfonamides is 2. The van der Waals surface area contributed by atoms with Gasteiger partial charge in [-0.25, -0.2) is 36.1 Å². The Labute approximate surface area is 184 Å². The van der Waals surface area contributed by atoms with Crippen molar-refractivity contribution in [3.05, 3.63) is 17.7 Å². The van der Waals surface area contributed by atoms with Crippen LogP contribution in [-0.4, -0.2) is 78.9 Å². The van der Waals surface area contributed by atoms with Gasteiger partial charge >= 0.3 is 0 Å². The number of aliphatic hydroxyl groups excluding tert-OH is 1. The summed E-state index contributed by atoms with van der Waals surface area (Å²) in [5, 5.41) is 22.5. The van der Waals surface area contributed by atoms with E-state index in [0.29, 0.717) is 0 Å². The molecule has 13 nitrogen and oxygen atoms in total. The Morgan fingerprint density at radius 3 is 2.59 bits per heavy atom. The van der Waals surface area contributed by atoms with Gasteiger partial charge in [0.1, 0.15) is 16.0 Å². The molecule has 3 rings (SSSR count). The van der Waals surface area contributed by atoms with E-state index in [4.69, 9.17) is 16.6 Å². The smallest absolute Gasteiger partial charge is 0.242 e. The highest BCUT2D eigenvalue weighted by molar-refractivity contribution is 7.92. The maximum atomic E-state index is 14.3. The highest BCUT2D eigenvalue weighted by atomic mass is 32.2. The molecule has 0 aromatic heterocycles. The monoisotopic (exact) mass is 492 g/mol. The van der Waals surface area contributed by atoms with Crippen molar-refractivity contribution in [1.29, 1.82) is 0 Å². The number of amidine groups is 1. The highest BCUT2D eigenvalue weighted by Crippen LogP contribution is 2.35. The van der Waals surface area contributed by atoms with E-state index in [2.05, 4.69) is 19.9 Å². The predicted molar refractivity (Wildman–Crippen MR) is 114 cm³/mol. The Bertz CT molecular complexity index is 1140. The molecule has 1 aromatic rings. The van der Waals surface area contributed by atoms with E-state index in [-0.39, 0.29) is 49.8 Å². The normalized spacial score (nSPS) is 22.8. The fourth-order valence-electron chi connectivity index (χ4n) is 3.39. The Balaban J connectivity index is 2.21. The maximum Gasteiger partial charge on any atom is 0.242 e. The van der Waals surface area contributed by atoms with Crippen LogP contribution in [0.1, 0.15) is 12.0 Å². The summed E-state index contributed by atoms with van der Waals surface area (Å²) in [6, 6.07) is 1.70. The second-order valence-electron chi connectivity index (χ2n) is 7.35. The third kappa shape index (κ3) is 5.11. The number of rotatable bonds is 8. The van der Waals surface area contributed by atoms with Gasteiger partial charge < -0.3 is 21.5 Å². The van der Waals surface area contributed by atoms with Crippen LogP contribution < -0.4 is 26.2 Å². The van der Waals surface area contributed by atoms with Crippen LogP contribution in [0, 0.1) is 0 Å². The van der Waals surface area contributed by atoms with Crippen molar-refractivity contribution in [3.63, 3.8) is 0 Å². The molecule has 0 amide bonds. The molecule has 0 saturated carbocycles. The Morgan fingerprint density at radius 2 is 2.03 bits per heavy atom. The first-order chi connectivity index (χ1) is 15.0. The zero-order valence-electron chi connectivity index (χ0n) is 16.9. The predicted octanol–water partition coefficient (Wildman–Crippen LogP) is -2.02. The van der Waals surface area contributed by atoms with Crippen LogP contribution in [0.4, 0.5) is 10.1 Å². The number of alkyl halides is 1. The minimum atomic E-state index is -4.65. The molecule has 0 unspecified atom stereocenters. The number of azo groups is 1. The van der Waals surface area contributed by atoms with Crippen LogP contribution in [0.15, 0.2) is 37.1 Å². The molecule has 0 radical (unpaired) electrons. The first kappa shape index (κ1) is 24.6. The van der Waals surface area contributed by atoms with E-state index >= 15 is 0 Å². The minimum Gasteiger partial charge on any atom is -0.390 e. The summed E-state index contributed by atoms with van der Waals surface area (Å²) in [6.45, 7) is -0.610. The van der Waals surface area contributed by atoms with Crippen molar-refractivity contribution in [2.24, 2.45) is 31.8 Å². The standard InChI is InChI=1S/C16H25FN8O5S2/c17-10-7-25(4-3-11(10)19)12-1-2-13(32(29,30)23-6-9(26)5-18)15(31(20,27)28)14(12)16-21-8-22-24-16/h1-2,9-11,23,26H,3-8,18-19H2,(H2,20,27,28)/t9-,10+,11-/m1/s1. The van der Waals surface area contributed by atoms with Crippen LogP contribution in [-0.2, 0) is 20.0 Å². The SMILES string of the molecule is NC[C@@H](O)CNS(=O)(=O)c1ccc(N2CC[C@@H](N)[C@@H](F)C2)c(C2=NCN=N2)c1S(N)(=O)=O. The number of piperidine rings is 1. The maximum absolute atomic E-state index is 14.3. The number of anilines is 1. The van der Waals surface area contributed by atoms with Gasteiger partial charge in [0.05, 0.1) is 18.2 Å². The van der Waals surface area contributed by atoms with E-state index in [1.165, 1.54) is 11.0 Å². The zero-order valence-corrected chi connectivity index (χ0v) is 18.6. The topological polar surface area (TPSA) is 219 Å². The number of benzene rings is 1. The van der Waals surface area contributed by atoms with Gasteiger partial charge in [-0.3, -0.25) is 0 Å². The molecule has 1 saturated heterocycles. The number of nitrogens with zero attached hydrogens (tertiary/aromatic N) is 4. The molecule has 8 N–H and O–H groups in total. The third-order valence-corrected chi connectivity index (χ3v) is 7.65. The van der Waals surface area contributed by atoms with Crippen molar-refractivity contribution < 1.29 is 26.3 Å². The van der Waals surface area contributed by atoms with Gasteiger partial charge in [0, 0.05) is 31.4 Å². The summed E-state index contributed by atoms with van der Waals surface area (Å²) in [5.41, 5.74) is 11.0. The van der Waals surface area contributed by atoms with Crippen molar-refractivity contribution in [1.82, 2.24) is 4.72 Å². The fraction of sp³-hybridized carbons (Fsp3) is 0.562. The van der Waals surface area contributed by atoms with Crippen LogP contribution in [0.5, 0.6) is 0 Å². The molecule has 2 heterocycles. The van der Waals surface area contributed by atoms with Crippen LogP contribution in [0.3, 0.4) is 0 Å². The molecule has 2 aliphatic rings. The van der Waals surface area contributed by atoms with E-state index in [1.54, 1.807) is 0 Å². The van der Waals surface area contributed by atoms with Gasteiger partial charge in [-0.05, 0) is 18.6 Å². The Hall–Kier alpha value is -2.08. The second kappa shape index (κ2) is 9.42. The van der Waals surface area contributed by atoms with Gasteiger partial charge in [0.2, 0.25) is 20.0 Å². The molecule has 1 aromatic carbocycles. The average Bonchev–Trinajstić information content (AvgIpc) is 3.27. The molecule has 2 aliphatic heterocycles. The van der Waals surface area contributed by atoms with Crippen molar-refractivity contribution >= 4 is 31.6 Å². The van der Waals surface area contributed by atoms with Crippen molar-refractivity contribution in [2.45, 2.75) is 34.5 Å². The Kier molecular flexibility index (Phi) is 7.23. The van der Waals surface area contributed by atoms with Crippen LogP contribution >= 0.6 is 0 Å². The van der Waals surface area contributed by atoms with Gasteiger partial charge in [-0.2, -0.15) is 5.11 Å². The lowest BCUT2D eigenvalue weighted by Gasteiger charge is -2.36. The molecule has 0 aliphatic carbocycles. The lowest BCUT2D eigenvalue weighted by Crippen LogP contribution is -2.49. The summed E-state index contributed by atoms with van der Waals surface area (Å²) in [5.74, 6) is -0.145. The quantitative estimate of drug-likeness (QED) is 0.272. The number of nitrogens with two attached hydrogens (primary N) is 3. The van der Waals surface area contributed by atoms with Gasteiger partial charge in [0.15, 0.2) is 12.5 Å². The lowest BCUT2D eigenvalue weighted by molar-refractivity contribution is 0.186. The number of hydrogen-bond donors (Lipinski definition) is 5. The average molecular weight is 493 g/mol. The number of nitrogens with one attached hydrogen (secondary N) is 1. The molecule has 0 bridgehead atoms. The van der Waals surface area contributed by atoms with E-state index in [1.807, 2.05) is 0 Å². The molecule has 178 valence electrons. The zero-order chi connectivity index (χ0) is 23.7.